The number of aromatic nitrogens is 2. The Bertz CT molecular complexity index is 950. The van der Waals surface area contributed by atoms with Gasteiger partial charge in [-0.2, -0.15) is 18.3 Å². The lowest BCUT2D eigenvalue weighted by Crippen LogP contribution is -2.11. The Kier molecular flexibility index (Phi) is 4.50. The number of halogens is 4. The smallest absolute Gasteiger partial charge is 0.435 e. The van der Waals surface area contributed by atoms with E-state index in [2.05, 4.69) is 5.10 Å². The molecule has 0 fully saturated rings. The number of alkyl halides is 3. The number of benzene rings is 2. The molecule has 0 unspecified atom stereocenters. The fourth-order valence-electron chi connectivity index (χ4n) is 2.55. The minimum absolute atomic E-state index is 0.0705. The van der Waals surface area contributed by atoms with Gasteiger partial charge in [-0.1, -0.05) is 42.5 Å². The minimum Gasteiger partial charge on any atom is -0.478 e. The van der Waals surface area contributed by atoms with Crippen LogP contribution in [0.25, 0.3) is 11.3 Å². The molecular formula is C18H12F4N2O2. The molecular weight excluding hydrogens is 352 g/mol. The Morgan fingerprint density at radius 2 is 1.77 bits per heavy atom. The summed E-state index contributed by atoms with van der Waals surface area (Å²) in [5.41, 5.74) is -1.10. The summed E-state index contributed by atoms with van der Waals surface area (Å²) in [6, 6.07) is 12.9. The van der Waals surface area contributed by atoms with Crippen LogP contribution in [0.15, 0.2) is 54.6 Å². The first kappa shape index (κ1) is 17.7. The lowest BCUT2D eigenvalue weighted by atomic mass is 10.1. The van der Waals surface area contributed by atoms with E-state index in [-0.39, 0.29) is 17.8 Å². The molecule has 0 amide bonds. The molecule has 134 valence electrons. The molecule has 8 heteroatoms. The van der Waals surface area contributed by atoms with E-state index >= 15 is 0 Å². The van der Waals surface area contributed by atoms with Gasteiger partial charge in [0.2, 0.25) is 0 Å². The lowest BCUT2D eigenvalue weighted by Gasteiger charge is -2.10. The van der Waals surface area contributed by atoms with Crippen LogP contribution in [-0.2, 0) is 12.7 Å². The summed E-state index contributed by atoms with van der Waals surface area (Å²) in [6.07, 6.45) is -4.66. The Morgan fingerprint density at radius 1 is 1.08 bits per heavy atom. The topological polar surface area (TPSA) is 55.1 Å². The quantitative estimate of drug-likeness (QED) is 0.696. The zero-order chi connectivity index (χ0) is 18.9. The lowest BCUT2D eigenvalue weighted by molar-refractivity contribution is -0.141. The molecule has 3 aromatic rings. The molecule has 0 spiro atoms. The van der Waals surface area contributed by atoms with Crippen LogP contribution in [0.5, 0.6) is 0 Å². The van der Waals surface area contributed by atoms with E-state index < -0.39 is 29.2 Å². The number of carboxylic acid groups (broad SMARTS) is 1. The fraction of sp³-hybridized carbons (Fsp3) is 0.111. The molecule has 0 aliphatic carbocycles. The zero-order valence-corrected chi connectivity index (χ0v) is 13.2. The van der Waals surface area contributed by atoms with E-state index in [1.165, 1.54) is 12.1 Å². The van der Waals surface area contributed by atoms with Crippen LogP contribution in [0.2, 0.25) is 0 Å². The third kappa shape index (κ3) is 3.44. The number of hydrogen-bond donors (Lipinski definition) is 1. The van der Waals surface area contributed by atoms with E-state index in [1.807, 2.05) is 0 Å². The fourth-order valence-corrected chi connectivity index (χ4v) is 2.55. The number of aromatic carboxylic acids is 1. The molecule has 1 N–H and O–H groups in total. The predicted molar refractivity (Wildman–Crippen MR) is 85.1 cm³/mol. The number of carbonyl (C=O) groups is 1. The molecule has 0 atom stereocenters. The maximum Gasteiger partial charge on any atom is 0.435 e. The predicted octanol–water partition coefficient (Wildman–Crippen LogP) is 4.45. The van der Waals surface area contributed by atoms with Crippen LogP contribution >= 0.6 is 0 Å². The molecule has 1 aromatic heterocycles. The molecule has 2 aromatic carbocycles. The van der Waals surface area contributed by atoms with Crippen molar-refractivity contribution in [2.45, 2.75) is 12.7 Å². The first-order valence-corrected chi connectivity index (χ1v) is 7.48. The summed E-state index contributed by atoms with van der Waals surface area (Å²) < 4.78 is 54.5. The van der Waals surface area contributed by atoms with Crippen molar-refractivity contribution in [2.24, 2.45) is 0 Å². The summed E-state index contributed by atoms with van der Waals surface area (Å²) >= 11 is 0. The molecule has 26 heavy (non-hydrogen) atoms. The molecule has 0 bridgehead atoms. The Morgan fingerprint density at radius 3 is 2.38 bits per heavy atom. The highest BCUT2D eigenvalue weighted by atomic mass is 19.4. The van der Waals surface area contributed by atoms with Crippen LogP contribution in [0.4, 0.5) is 17.6 Å². The van der Waals surface area contributed by atoms with Gasteiger partial charge in [-0.05, 0) is 17.7 Å². The van der Waals surface area contributed by atoms with Crippen LogP contribution in [-0.4, -0.2) is 20.9 Å². The summed E-state index contributed by atoms with van der Waals surface area (Å²) in [6.45, 7) is -0.340. The van der Waals surface area contributed by atoms with E-state index in [0.717, 1.165) is 16.8 Å². The average Bonchev–Trinajstić information content (AvgIpc) is 3.01. The Hall–Kier alpha value is -3.16. The summed E-state index contributed by atoms with van der Waals surface area (Å²) in [5.74, 6) is -2.45. The van der Waals surface area contributed by atoms with Crippen molar-refractivity contribution in [1.82, 2.24) is 9.78 Å². The van der Waals surface area contributed by atoms with Crippen molar-refractivity contribution < 1.29 is 27.5 Å². The molecule has 0 saturated heterocycles. The van der Waals surface area contributed by atoms with Crippen molar-refractivity contribution in [3.63, 3.8) is 0 Å². The van der Waals surface area contributed by atoms with E-state index in [9.17, 15) is 22.4 Å². The number of nitrogens with zero attached hydrogens (tertiary/aromatic N) is 2. The first-order valence-electron chi connectivity index (χ1n) is 7.48. The zero-order valence-electron chi connectivity index (χ0n) is 13.2. The average molecular weight is 364 g/mol. The highest BCUT2D eigenvalue weighted by molar-refractivity contribution is 5.88. The maximum absolute atomic E-state index is 14.3. The second kappa shape index (κ2) is 6.62. The summed E-state index contributed by atoms with van der Waals surface area (Å²) in [5, 5.41) is 12.5. The van der Waals surface area contributed by atoms with E-state index in [0.29, 0.717) is 5.56 Å². The van der Waals surface area contributed by atoms with Gasteiger partial charge < -0.3 is 5.11 Å². The van der Waals surface area contributed by atoms with Gasteiger partial charge in [-0.15, -0.1) is 0 Å². The van der Waals surface area contributed by atoms with Gasteiger partial charge in [-0.3, -0.25) is 4.68 Å². The molecule has 0 radical (unpaired) electrons. The van der Waals surface area contributed by atoms with Gasteiger partial charge in [0.25, 0.3) is 0 Å². The van der Waals surface area contributed by atoms with Crippen molar-refractivity contribution >= 4 is 5.97 Å². The standard InChI is InChI=1S/C18H12F4N2O2/c19-16-12(7-4-8-13(16)17(25)26)10-24-14(11-5-2-1-3-6-11)9-15(23-24)18(20,21)22/h1-9H,10H2,(H,25,26). The van der Waals surface area contributed by atoms with Crippen LogP contribution < -0.4 is 0 Å². The second-order valence-electron chi connectivity index (χ2n) is 5.52. The SMILES string of the molecule is O=C(O)c1cccc(Cn2nc(C(F)(F)F)cc2-c2ccccc2)c1F. The van der Waals surface area contributed by atoms with E-state index in [1.54, 1.807) is 30.3 Å². The monoisotopic (exact) mass is 364 g/mol. The van der Waals surface area contributed by atoms with Crippen molar-refractivity contribution in [1.29, 1.82) is 0 Å². The van der Waals surface area contributed by atoms with Crippen LogP contribution in [0.1, 0.15) is 21.6 Å². The van der Waals surface area contributed by atoms with Crippen molar-refractivity contribution in [2.75, 3.05) is 0 Å². The molecule has 4 nitrogen and oxygen atoms in total. The molecule has 1 heterocycles. The van der Waals surface area contributed by atoms with Gasteiger partial charge in [0.15, 0.2) is 5.69 Å². The third-order valence-electron chi connectivity index (χ3n) is 3.77. The van der Waals surface area contributed by atoms with E-state index in [4.69, 9.17) is 5.11 Å². The molecule has 0 aliphatic heterocycles. The first-order chi connectivity index (χ1) is 12.3. The number of hydrogen-bond acceptors (Lipinski definition) is 2. The van der Waals surface area contributed by atoms with Crippen LogP contribution in [0.3, 0.4) is 0 Å². The largest absolute Gasteiger partial charge is 0.478 e. The summed E-state index contributed by atoms with van der Waals surface area (Å²) in [7, 11) is 0. The van der Waals surface area contributed by atoms with Gasteiger partial charge in [0, 0.05) is 5.56 Å². The highest BCUT2D eigenvalue weighted by Crippen LogP contribution is 2.32. The molecule has 0 aliphatic rings. The third-order valence-corrected chi connectivity index (χ3v) is 3.77. The molecule has 3 rings (SSSR count). The number of carboxylic acids is 1. The Balaban J connectivity index is 2.09. The Labute approximate surface area is 145 Å². The van der Waals surface area contributed by atoms with Gasteiger partial charge in [0.1, 0.15) is 5.82 Å². The van der Waals surface area contributed by atoms with Crippen LogP contribution in [0, 0.1) is 5.82 Å². The van der Waals surface area contributed by atoms with Gasteiger partial charge in [0.05, 0.1) is 17.8 Å². The van der Waals surface area contributed by atoms with Crippen molar-refractivity contribution in [3.8, 4) is 11.3 Å². The normalized spacial score (nSPS) is 11.5. The second-order valence-corrected chi connectivity index (χ2v) is 5.52. The maximum atomic E-state index is 14.3. The van der Waals surface area contributed by atoms with Gasteiger partial charge in [-0.25, -0.2) is 9.18 Å². The number of rotatable bonds is 4. The summed E-state index contributed by atoms with van der Waals surface area (Å²) in [4.78, 5) is 11.0. The van der Waals surface area contributed by atoms with Gasteiger partial charge >= 0.3 is 12.1 Å². The minimum atomic E-state index is -4.66. The highest BCUT2D eigenvalue weighted by Gasteiger charge is 2.35. The molecule has 0 saturated carbocycles. The van der Waals surface area contributed by atoms with Crippen molar-refractivity contribution in [3.05, 3.63) is 77.2 Å².